The van der Waals surface area contributed by atoms with E-state index < -0.39 is 0 Å². The number of anilines is 1. The highest BCUT2D eigenvalue weighted by Crippen LogP contribution is 2.47. The molecule has 1 aromatic heterocycles. The fourth-order valence-corrected chi connectivity index (χ4v) is 4.08. The van der Waals surface area contributed by atoms with E-state index in [1.807, 2.05) is 6.92 Å². The van der Waals surface area contributed by atoms with Crippen molar-refractivity contribution in [2.24, 2.45) is 11.8 Å². The number of hydrogen-bond acceptors (Lipinski definition) is 5. The smallest absolute Gasteiger partial charge is 0.225 e. The molecule has 3 fully saturated rings. The number of ether oxygens (including phenoxy) is 1. The average Bonchev–Trinajstić information content (AvgIpc) is 3.10. The van der Waals surface area contributed by atoms with E-state index in [1.165, 1.54) is 12.8 Å². The van der Waals surface area contributed by atoms with Crippen LogP contribution in [0.5, 0.6) is 0 Å². The SMILES string of the molecule is CC(=O)c1cnc(N2C[C@@H]3[C@H](C2)[C@H]2CC[C@@H]3O2)nc1C. The molecule has 4 rings (SSSR count). The lowest BCUT2D eigenvalue weighted by molar-refractivity contribution is 0.0849. The summed E-state index contributed by atoms with van der Waals surface area (Å²) in [5.74, 6) is 2.08. The topological polar surface area (TPSA) is 55.3 Å². The second kappa shape index (κ2) is 4.25. The Labute approximate surface area is 118 Å². The van der Waals surface area contributed by atoms with Crippen molar-refractivity contribution in [1.82, 2.24) is 9.97 Å². The number of nitrogens with zero attached hydrogens (tertiary/aromatic N) is 3. The van der Waals surface area contributed by atoms with Crippen molar-refractivity contribution >= 4 is 11.7 Å². The van der Waals surface area contributed by atoms with Gasteiger partial charge in [-0.2, -0.15) is 0 Å². The van der Waals surface area contributed by atoms with E-state index in [2.05, 4.69) is 14.9 Å². The Morgan fingerprint density at radius 1 is 1.30 bits per heavy atom. The van der Waals surface area contributed by atoms with Crippen LogP contribution in [-0.2, 0) is 4.74 Å². The van der Waals surface area contributed by atoms with Crippen LogP contribution in [0, 0.1) is 18.8 Å². The Morgan fingerprint density at radius 2 is 1.95 bits per heavy atom. The number of hydrogen-bond donors (Lipinski definition) is 0. The molecular formula is C15H19N3O2. The first-order valence-corrected chi connectivity index (χ1v) is 7.38. The lowest BCUT2D eigenvalue weighted by atomic mass is 9.82. The normalized spacial score (nSPS) is 34.6. The first kappa shape index (κ1) is 12.3. The van der Waals surface area contributed by atoms with Gasteiger partial charge in [-0.1, -0.05) is 0 Å². The molecule has 20 heavy (non-hydrogen) atoms. The first-order chi connectivity index (χ1) is 9.63. The molecule has 5 heteroatoms. The fourth-order valence-electron chi connectivity index (χ4n) is 4.08. The van der Waals surface area contributed by atoms with E-state index in [9.17, 15) is 4.79 Å². The summed E-state index contributed by atoms with van der Waals surface area (Å²) < 4.78 is 5.99. The van der Waals surface area contributed by atoms with E-state index in [1.54, 1.807) is 13.1 Å². The van der Waals surface area contributed by atoms with Gasteiger partial charge in [0.15, 0.2) is 5.78 Å². The van der Waals surface area contributed by atoms with Gasteiger partial charge in [-0.15, -0.1) is 0 Å². The minimum atomic E-state index is 0.0267. The molecule has 1 aromatic rings. The standard InChI is InChI=1S/C15H19N3O2/c1-8-10(9(2)19)5-16-15(17-8)18-6-11-12(7-18)14-4-3-13(11)20-14/h5,11-14H,3-4,6-7H2,1-2H3/t11-,12+,13+,14-. The second-order valence-corrected chi connectivity index (χ2v) is 6.25. The number of carbonyl (C=O) groups excluding carboxylic acids is 1. The molecule has 0 aliphatic carbocycles. The monoisotopic (exact) mass is 273 g/mol. The van der Waals surface area contributed by atoms with Gasteiger partial charge in [0, 0.05) is 31.1 Å². The average molecular weight is 273 g/mol. The van der Waals surface area contributed by atoms with Crippen LogP contribution in [0.2, 0.25) is 0 Å². The van der Waals surface area contributed by atoms with Crippen LogP contribution in [0.1, 0.15) is 35.8 Å². The number of rotatable bonds is 2. The van der Waals surface area contributed by atoms with Crippen molar-refractivity contribution in [3.05, 3.63) is 17.5 Å². The number of fused-ring (bicyclic) bond motifs is 5. The predicted molar refractivity (Wildman–Crippen MR) is 73.9 cm³/mol. The van der Waals surface area contributed by atoms with Crippen LogP contribution >= 0.6 is 0 Å². The molecule has 0 unspecified atom stereocenters. The molecule has 0 saturated carbocycles. The van der Waals surface area contributed by atoms with Crippen molar-refractivity contribution in [3.8, 4) is 0 Å². The van der Waals surface area contributed by atoms with E-state index in [-0.39, 0.29) is 5.78 Å². The lowest BCUT2D eigenvalue weighted by Crippen LogP contribution is -2.26. The quantitative estimate of drug-likeness (QED) is 0.766. The van der Waals surface area contributed by atoms with Gasteiger partial charge in [-0.05, 0) is 26.7 Å². The third-order valence-electron chi connectivity index (χ3n) is 5.08. The Balaban J connectivity index is 1.58. The van der Waals surface area contributed by atoms with E-state index in [0.717, 1.165) is 24.7 Å². The number of ketones is 1. The minimum absolute atomic E-state index is 0.0267. The lowest BCUT2D eigenvalue weighted by Gasteiger charge is -2.19. The maximum absolute atomic E-state index is 11.4. The molecule has 0 N–H and O–H groups in total. The van der Waals surface area contributed by atoms with Crippen molar-refractivity contribution in [1.29, 1.82) is 0 Å². The summed E-state index contributed by atoms with van der Waals surface area (Å²) in [4.78, 5) is 22.6. The van der Waals surface area contributed by atoms with Crippen molar-refractivity contribution < 1.29 is 9.53 Å². The fraction of sp³-hybridized carbons (Fsp3) is 0.667. The first-order valence-electron chi connectivity index (χ1n) is 7.38. The summed E-state index contributed by atoms with van der Waals surface area (Å²) in [5, 5.41) is 0. The van der Waals surface area contributed by atoms with Gasteiger partial charge in [0.1, 0.15) is 0 Å². The van der Waals surface area contributed by atoms with Crippen LogP contribution in [0.3, 0.4) is 0 Å². The third-order valence-corrected chi connectivity index (χ3v) is 5.08. The third kappa shape index (κ3) is 1.69. The maximum Gasteiger partial charge on any atom is 0.225 e. The van der Waals surface area contributed by atoms with Crippen LogP contribution in [-0.4, -0.2) is 41.0 Å². The summed E-state index contributed by atoms with van der Waals surface area (Å²) in [7, 11) is 0. The molecule has 0 radical (unpaired) electrons. The van der Waals surface area contributed by atoms with Crippen LogP contribution in [0.4, 0.5) is 5.95 Å². The van der Waals surface area contributed by atoms with Crippen molar-refractivity contribution in [3.63, 3.8) is 0 Å². The molecule has 4 atom stereocenters. The van der Waals surface area contributed by atoms with E-state index in [4.69, 9.17) is 4.74 Å². The molecule has 3 saturated heterocycles. The number of Topliss-reactive ketones (excluding diaryl/α,β-unsaturated/α-hetero) is 1. The molecule has 2 bridgehead atoms. The second-order valence-electron chi connectivity index (χ2n) is 6.25. The van der Waals surface area contributed by atoms with Crippen molar-refractivity contribution in [2.75, 3.05) is 18.0 Å². The zero-order valence-electron chi connectivity index (χ0n) is 11.9. The molecule has 0 aromatic carbocycles. The van der Waals surface area contributed by atoms with E-state index >= 15 is 0 Å². The molecule has 3 aliphatic rings. The van der Waals surface area contributed by atoms with Gasteiger partial charge >= 0.3 is 0 Å². The number of aryl methyl sites for hydroxylation is 1. The summed E-state index contributed by atoms with van der Waals surface area (Å²) >= 11 is 0. The number of carbonyl (C=O) groups is 1. The van der Waals surface area contributed by atoms with Crippen LogP contribution in [0.25, 0.3) is 0 Å². The highest BCUT2D eigenvalue weighted by Gasteiger charge is 2.53. The van der Waals surface area contributed by atoms with Gasteiger partial charge in [-0.25, -0.2) is 9.97 Å². The van der Waals surface area contributed by atoms with Gasteiger partial charge in [-0.3, -0.25) is 4.79 Å². The number of aromatic nitrogens is 2. The maximum atomic E-state index is 11.4. The summed E-state index contributed by atoms with van der Waals surface area (Å²) in [6.07, 6.45) is 4.99. The molecule has 0 amide bonds. The largest absolute Gasteiger partial charge is 0.374 e. The molecular weight excluding hydrogens is 254 g/mol. The zero-order valence-corrected chi connectivity index (χ0v) is 11.9. The Bertz CT molecular complexity index is 556. The Hall–Kier alpha value is -1.49. The Kier molecular flexibility index (Phi) is 2.61. The highest BCUT2D eigenvalue weighted by atomic mass is 16.5. The van der Waals surface area contributed by atoms with Gasteiger partial charge in [0.25, 0.3) is 0 Å². The van der Waals surface area contributed by atoms with Crippen molar-refractivity contribution in [2.45, 2.75) is 38.9 Å². The van der Waals surface area contributed by atoms with Gasteiger partial charge in [0.05, 0.1) is 23.5 Å². The molecule has 106 valence electrons. The minimum Gasteiger partial charge on any atom is -0.374 e. The predicted octanol–water partition coefficient (Wildman–Crippen LogP) is 1.60. The summed E-state index contributed by atoms with van der Waals surface area (Å²) in [6.45, 7) is 5.42. The summed E-state index contributed by atoms with van der Waals surface area (Å²) in [6, 6.07) is 0. The van der Waals surface area contributed by atoms with Crippen LogP contribution in [0.15, 0.2) is 6.20 Å². The summed E-state index contributed by atoms with van der Waals surface area (Å²) in [5.41, 5.74) is 1.40. The molecule has 3 aliphatic heterocycles. The van der Waals surface area contributed by atoms with Crippen LogP contribution < -0.4 is 4.90 Å². The highest BCUT2D eigenvalue weighted by molar-refractivity contribution is 5.94. The van der Waals surface area contributed by atoms with E-state index in [0.29, 0.717) is 29.6 Å². The van der Waals surface area contributed by atoms with Gasteiger partial charge < -0.3 is 9.64 Å². The zero-order chi connectivity index (χ0) is 13.9. The molecule has 4 heterocycles. The molecule has 5 nitrogen and oxygen atoms in total. The Morgan fingerprint density at radius 3 is 2.50 bits per heavy atom. The molecule has 0 spiro atoms. The van der Waals surface area contributed by atoms with Gasteiger partial charge in [0.2, 0.25) is 5.95 Å².